The fourth-order valence-corrected chi connectivity index (χ4v) is 2.97. The van der Waals surface area contributed by atoms with Crippen LogP contribution in [-0.4, -0.2) is 41.6 Å². The van der Waals surface area contributed by atoms with Crippen LogP contribution in [0.1, 0.15) is 38.4 Å². The molecule has 0 bridgehead atoms. The Morgan fingerprint density at radius 2 is 2.27 bits per heavy atom. The second kappa shape index (κ2) is 7.95. The summed E-state index contributed by atoms with van der Waals surface area (Å²) in [4.78, 5) is 14.0. The summed E-state index contributed by atoms with van der Waals surface area (Å²) in [7, 11) is 0. The predicted octanol–water partition coefficient (Wildman–Crippen LogP) is 2.61. The van der Waals surface area contributed by atoms with E-state index in [-0.39, 0.29) is 17.9 Å². The zero-order valence-corrected chi connectivity index (χ0v) is 14.0. The third-order valence-electron chi connectivity index (χ3n) is 4.04. The summed E-state index contributed by atoms with van der Waals surface area (Å²) in [5.74, 6) is 0.106. The van der Waals surface area contributed by atoms with Crippen molar-refractivity contribution >= 4 is 17.5 Å². The van der Waals surface area contributed by atoms with Crippen LogP contribution >= 0.6 is 11.6 Å². The lowest BCUT2D eigenvalue weighted by molar-refractivity contribution is -0.125. The maximum atomic E-state index is 11.8. The summed E-state index contributed by atoms with van der Waals surface area (Å²) >= 11 is 5.97. The molecule has 1 fully saturated rings. The van der Waals surface area contributed by atoms with Gasteiger partial charge in [0.1, 0.15) is 0 Å². The third-order valence-corrected chi connectivity index (χ3v) is 4.28. The van der Waals surface area contributed by atoms with E-state index in [2.05, 4.69) is 10.2 Å². The molecule has 1 aliphatic heterocycles. The fourth-order valence-electron chi connectivity index (χ4n) is 2.77. The van der Waals surface area contributed by atoms with Crippen LogP contribution < -0.4 is 5.32 Å². The summed E-state index contributed by atoms with van der Waals surface area (Å²) in [6, 6.07) is 7.52. The van der Waals surface area contributed by atoms with Gasteiger partial charge in [-0.1, -0.05) is 37.6 Å². The molecule has 122 valence electrons. The largest absolute Gasteiger partial charge is 0.387 e. The minimum Gasteiger partial charge on any atom is -0.387 e. The van der Waals surface area contributed by atoms with Gasteiger partial charge in [0.25, 0.3) is 0 Å². The normalized spacial score (nSPS) is 20.9. The highest BCUT2D eigenvalue weighted by Gasteiger charge is 2.24. The molecule has 1 saturated heterocycles. The monoisotopic (exact) mass is 324 g/mol. The Bertz CT molecular complexity index is 507. The van der Waals surface area contributed by atoms with Crippen LogP contribution in [0.15, 0.2) is 24.3 Å². The van der Waals surface area contributed by atoms with E-state index in [1.54, 1.807) is 12.1 Å². The molecule has 2 N–H and O–H groups in total. The van der Waals surface area contributed by atoms with Crippen LogP contribution in [0.25, 0.3) is 0 Å². The molecule has 1 heterocycles. The standard InChI is InChI=1S/C17H25ClN2O2/c1-12(2)17(22)19-15-7-4-8-20(10-15)11-16(21)13-5-3-6-14(18)9-13/h3,5-6,9,12,15-16,21H,4,7-8,10-11H2,1-2H3,(H,19,22). The number of carbonyl (C=O) groups is 1. The number of amides is 1. The Kier molecular flexibility index (Phi) is 6.24. The molecular formula is C17H25ClN2O2. The minimum absolute atomic E-state index is 0.00688. The smallest absolute Gasteiger partial charge is 0.222 e. The Morgan fingerprint density at radius 3 is 2.95 bits per heavy atom. The van der Waals surface area contributed by atoms with Gasteiger partial charge in [0, 0.05) is 30.1 Å². The molecule has 0 aliphatic carbocycles. The maximum absolute atomic E-state index is 11.8. The first kappa shape index (κ1) is 17.3. The lowest BCUT2D eigenvalue weighted by Gasteiger charge is -2.34. The minimum atomic E-state index is -0.557. The van der Waals surface area contributed by atoms with Gasteiger partial charge >= 0.3 is 0 Å². The molecule has 1 aromatic carbocycles. The lowest BCUT2D eigenvalue weighted by atomic mass is 10.0. The SMILES string of the molecule is CC(C)C(=O)NC1CCCN(CC(O)c2cccc(Cl)c2)C1. The first-order valence-corrected chi connectivity index (χ1v) is 8.29. The number of piperidine rings is 1. The summed E-state index contributed by atoms with van der Waals surface area (Å²) in [5.41, 5.74) is 0.834. The summed E-state index contributed by atoms with van der Waals surface area (Å²) < 4.78 is 0. The molecule has 0 spiro atoms. The van der Waals surface area contributed by atoms with Crippen LogP contribution in [0.3, 0.4) is 0 Å². The van der Waals surface area contributed by atoms with Crippen LogP contribution in [0.2, 0.25) is 5.02 Å². The maximum Gasteiger partial charge on any atom is 0.222 e. The van der Waals surface area contributed by atoms with Crippen molar-refractivity contribution in [1.29, 1.82) is 0 Å². The fraction of sp³-hybridized carbons (Fsp3) is 0.588. The number of halogens is 1. The van der Waals surface area contributed by atoms with E-state index in [1.807, 2.05) is 26.0 Å². The quantitative estimate of drug-likeness (QED) is 0.875. The number of hydrogen-bond acceptors (Lipinski definition) is 3. The van der Waals surface area contributed by atoms with Gasteiger partial charge in [0.05, 0.1) is 6.10 Å². The molecule has 2 atom stereocenters. The number of nitrogens with zero attached hydrogens (tertiary/aromatic N) is 1. The van der Waals surface area contributed by atoms with E-state index in [4.69, 9.17) is 11.6 Å². The molecule has 2 unspecified atom stereocenters. The highest BCUT2D eigenvalue weighted by molar-refractivity contribution is 6.30. The Balaban J connectivity index is 1.88. The van der Waals surface area contributed by atoms with Crippen molar-refractivity contribution in [2.75, 3.05) is 19.6 Å². The van der Waals surface area contributed by atoms with E-state index >= 15 is 0 Å². The van der Waals surface area contributed by atoms with Crippen molar-refractivity contribution in [1.82, 2.24) is 10.2 Å². The molecule has 1 amide bonds. The van der Waals surface area contributed by atoms with Crippen LogP contribution in [0, 0.1) is 5.92 Å². The summed E-state index contributed by atoms with van der Waals surface area (Å²) in [6.45, 7) is 6.10. The highest BCUT2D eigenvalue weighted by Crippen LogP contribution is 2.20. The predicted molar refractivity (Wildman–Crippen MR) is 88.9 cm³/mol. The molecule has 1 aliphatic rings. The van der Waals surface area contributed by atoms with Crippen molar-refractivity contribution in [2.24, 2.45) is 5.92 Å². The van der Waals surface area contributed by atoms with Crippen LogP contribution in [0.5, 0.6) is 0 Å². The van der Waals surface area contributed by atoms with Crippen molar-refractivity contribution in [3.63, 3.8) is 0 Å². The average Bonchev–Trinajstić information content (AvgIpc) is 2.47. The first-order valence-electron chi connectivity index (χ1n) is 7.92. The number of nitrogens with one attached hydrogen (secondary N) is 1. The number of likely N-dealkylation sites (tertiary alicyclic amines) is 1. The Hall–Kier alpha value is -1.10. The number of rotatable bonds is 5. The van der Waals surface area contributed by atoms with E-state index in [1.165, 1.54) is 0 Å². The van der Waals surface area contributed by atoms with Crippen molar-refractivity contribution < 1.29 is 9.90 Å². The van der Waals surface area contributed by atoms with E-state index < -0.39 is 6.10 Å². The summed E-state index contributed by atoms with van der Waals surface area (Å²) in [5, 5.41) is 14.1. The van der Waals surface area contributed by atoms with E-state index in [0.717, 1.165) is 31.5 Å². The van der Waals surface area contributed by atoms with Crippen molar-refractivity contribution in [3.05, 3.63) is 34.9 Å². The molecule has 4 nitrogen and oxygen atoms in total. The lowest BCUT2D eigenvalue weighted by Crippen LogP contribution is -2.49. The van der Waals surface area contributed by atoms with Gasteiger partial charge in [0.15, 0.2) is 0 Å². The van der Waals surface area contributed by atoms with E-state index in [9.17, 15) is 9.90 Å². The van der Waals surface area contributed by atoms with Crippen LogP contribution in [-0.2, 0) is 4.79 Å². The number of aliphatic hydroxyl groups excluding tert-OH is 1. The molecule has 5 heteroatoms. The highest BCUT2D eigenvalue weighted by atomic mass is 35.5. The Labute approximate surface area is 137 Å². The topological polar surface area (TPSA) is 52.6 Å². The zero-order valence-electron chi connectivity index (χ0n) is 13.3. The molecule has 0 aromatic heterocycles. The molecule has 2 rings (SSSR count). The molecule has 1 aromatic rings. The van der Waals surface area contributed by atoms with Crippen LogP contribution in [0.4, 0.5) is 0 Å². The van der Waals surface area contributed by atoms with Gasteiger partial charge in [0.2, 0.25) is 5.91 Å². The van der Waals surface area contributed by atoms with E-state index in [0.29, 0.717) is 11.6 Å². The molecule has 0 saturated carbocycles. The second-order valence-corrected chi connectivity index (χ2v) is 6.77. The third kappa shape index (κ3) is 4.97. The number of hydrogen-bond donors (Lipinski definition) is 2. The van der Waals surface area contributed by atoms with Crippen molar-refractivity contribution in [2.45, 2.75) is 38.8 Å². The average molecular weight is 325 g/mol. The zero-order chi connectivity index (χ0) is 16.1. The van der Waals surface area contributed by atoms with Crippen molar-refractivity contribution in [3.8, 4) is 0 Å². The molecule has 0 radical (unpaired) electrons. The number of aliphatic hydroxyl groups is 1. The molecule has 22 heavy (non-hydrogen) atoms. The van der Waals surface area contributed by atoms with Gasteiger partial charge in [-0.15, -0.1) is 0 Å². The van der Waals surface area contributed by atoms with Gasteiger partial charge in [-0.05, 0) is 37.1 Å². The van der Waals surface area contributed by atoms with Gasteiger partial charge in [-0.3, -0.25) is 9.69 Å². The Morgan fingerprint density at radius 1 is 1.50 bits per heavy atom. The van der Waals surface area contributed by atoms with Gasteiger partial charge in [-0.25, -0.2) is 0 Å². The summed E-state index contributed by atoms with van der Waals surface area (Å²) in [6.07, 6.45) is 1.48. The van der Waals surface area contributed by atoms with Gasteiger partial charge < -0.3 is 10.4 Å². The number of β-amino-alcohol motifs (C(OH)–C–C–N with tert-alkyl or cyclic N) is 1. The number of benzene rings is 1. The van der Waals surface area contributed by atoms with Gasteiger partial charge in [-0.2, -0.15) is 0 Å². The second-order valence-electron chi connectivity index (χ2n) is 6.33. The molecular weight excluding hydrogens is 300 g/mol. The first-order chi connectivity index (χ1) is 10.5. The number of carbonyl (C=O) groups excluding carboxylic acids is 1.